The predicted octanol–water partition coefficient (Wildman–Crippen LogP) is 2.47. The van der Waals surface area contributed by atoms with Crippen molar-refractivity contribution >= 4 is 22.7 Å². The first-order valence-corrected chi connectivity index (χ1v) is 11.6. The number of piperazine rings is 1. The van der Waals surface area contributed by atoms with Crippen LogP contribution in [0.3, 0.4) is 0 Å². The molecule has 4 N–H and O–H groups in total. The summed E-state index contributed by atoms with van der Waals surface area (Å²) in [5, 5.41) is 8.18. The summed E-state index contributed by atoms with van der Waals surface area (Å²) in [5.41, 5.74) is 6.82. The highest BCUT2D eigenvalue weighted by Gasteiger charge is 2.20. The number of benzene rings is 1. The monoisotopic (exact) mass is 411 g/mol. The summed E-state index contributed by atoms with van der Waals surface area (Å²) in [6, 6.07) is 8.27. The number of nitrogens with zero attached hydrogens (tertiary/aromatic N) is 4. The number of hydrogen-bond acceptors (Lipinski definition) is 7. The van der Waals surface area contributed by atoms with Crippen molar-refractivity contribution in [1.29, 1.82) is 0 Å². The molecular formula is C23H37N7. The maximum atomic E-state index is 5.83. The molecule has 0 spiro atoms. The van der Waals surface area contributed by atoms with Crippen molar-refractivity contribution in [2.75, 3.05) is 70.0 Å². The van der Waals surface area contributed by atoms with E-state index in [1.165, 1.54) is 25.7 Å². The lowest BCUT2D eigenvalue weighted by molar-refractivity contribution is 0.158. The molecule has 1 saturated heterocycles. The molecule has 0 amide bonds. The van der Waals surface area contributed by atoms with Gasteiger partial charge in [-0.05, 0) is 63.2 Å². The molecule has 1 aliphatic carbocycles. The highest BCUT2D eigenvalue weighted by Crippen LogP contribution is 2.28. The van der Waals surface area contributed by atoms with Gasteiger partial charge in [0.1, 0.15) is 5.82 Å². The molecule has 7 nitrogen and oxygen atoms in total. The van der Waals surface area contributed by atoms with E-state index in [1.54, 1.807) is 0 Å². The summed E-state index contributed by atoms with van der Waals surface area (Å²) in [7, 11) is 2.20. The van der Waals surface area contributed by atoms with Crippen molar-refractivity contribution in [1.82, 2.24) is 19.8 Å². The smallest absolute Gasteiger partial charge is 0.225 e. The second-order valence-corrected chi connectivity index (χ2v) is 8.99. The second kappa shape index (κ2) is 10.4. The average Bonchev–Trinajstić information content (AvgIpc) is 2.79. The zero-order chi connectivity index (χ0) is 20.8. The Morgan fingerprint density at radius 2 is 1.70 bits per heavy atom. The molecule has 1 aromatic heterocycles. The van der Waals surface area contributed by atoms with E-state index in [1.807, 2.05) is 6.07 Å². The number of hydrogen-bond donors (Lipinski definition) is 3. The van der Waals surface area contributed by atoms with E-state index in [0.717, 1.165) is 75.0 Å². The van der Waals surface area contributed by atoms with E-state index >= 15 is 0 Å². The van der Waals surface area contributed by atoms with Crippen LogP contribution in [0.2, 0.25) is 0 Å². The van der Waals surface area contributed by atoms with Gasteiger partial charge in [0.2, 0.25) is 5.95 Å². The molecule has 1 saturated carbocycles. The molecule has 0 bridgehead atoms. The Labute approximate surface area is 180 Å². The van der Waals surface area contributed by atoms with Crippen molar-refractivity contribution in [3.8, 4) is 0 Å². The van der Waals surface area contributed by atoms with E-state index in [0.29, 0.717) is 11.8 Å². The van der Waals surface area contributed by atoms with Crippen LogP contribution in [-0.2, 0) is 0 Å². The number of para-hydroxylation sites is 1. The molecule has 164 valence electrons. The van der Waals surface area contributed by atoms with Crippen molar-refractivity contribution in [3.05, 3.63) is 24.3 Å². The Kier molecular flexibility index (Phi) is 7.36. The minimum atomic E-state index is 0.691. The third-order valence-electron chi connectivity index (χ3n) is 6.77. The van der Waals surface area contributed by atoms with Crippen LogP contribution in [0.15, 0.2) is 24.3 Å². The number of nitrogens with one attached hydrogen (secondary N) is 2. The average molecular weight is 412 g/mol. The SMILES string of the molecule is CN1CCN(CCNc2nc(NCC3CCC(CN)CC3)nc3ccccc23)CC1. The molecule has 1 aromatic carbocycles. The standard InChI is InChI=1S/C23H37N7/c1-29-12-14-30(15-13-29)11-10-25-22-20-4-2-3-5-21(20)27-23(28-22)26-17-19-8-6-18(16-24)7-9-19/h2-5,18-19H,6-17,24H2,1H3,(H2,25,26,27,28). The third kappa shape index (κ3) is 5.59. The molecule has 2 fully saturated rings. The molecular weight excluding hydrogens is 374 g/mol. The molecule has 7 heteroatoms. The van der Waals surface area contributed by atoms with Crippen LogP contribution in [0.25, 0.3) is 10.9 Å². The van der Waals surface area contributed by atoms with Crippen LogP contribution in [0.4, 0.5) is 11.8 Å². The molecule has 0 atom stereocenters. The highest BCUT2D eigenvalue weighted by molar-refractivity contribution is 5.90. The molecule has 2 heterocycles. The summed E-state index contributed by atoms with van der Waals surface area (Å²) >= 11 is 0. The minimum absolute atomic E-state index is 0.691. The fourth-order valence-electron chi connectivity index (χ4n) is 4.60. The summed E-state index contributed by atoms with van der Waals surface area (Å²) in [6.45, 7) is 8.29. The fraction of sp³-hybridized carbons (Fsp3) is 0.652. The van der Waals surface area contributed by atoms with Gasteiger partial charge >= 0.3 is 0 Å². The van der Waals surface area contributed by atoms with E-state index in [4.69, 9.17) is 15.7 Å². The molecule has 2 aliphatic rings. The number of fused-ring (bicyclic) bond motifs is 1. The molecule has 4 rings (SSSR count). The van der Waals surface area contributed by atoms with Crippen LogP contribution < -0.4 is 16.4 Å². The Balaban J connectivity index is 1.36. The van der Waals surface area contributed by atoms with Crippen molar-refractivity contribution in [3.63, 3.8) is 0 Å². The maximum absolute atomic E-state index is 5.83. The zero-order valence-corrected chi connectivity index (χ0v) is 18.3. The van der Waals surface area contributed by atoms with Crippen molar-refractivity contribution < 1.29 is 0 Å². The van der Waals surface area contributed by atoms with Gasteiger partial charge in [-0.25, -0.2) is 4.98 Å². The van der Waals surface area contributed by atoms with E-state index in [9.17, 15) is 0 Å². The van der Waals surface area contributed by atoms with Crippen LogP contribution in [0.5, 0.6) is 0 Å². The summed E-state index contributed by atoms with van der Waals surface area (Å²) < 4.78 is 0. The first-order chi connectivity index (χ1) is 14.7. The van der Waals surface area contributed by atoms with Gasteiger partial charge in [0.25, 0.3) is 0 Å². The highest BCUT2D eigenvalue weighted by atomic mass is 15.3. The first-order valence-electron chi connectivity index (χ1n) is 11.6. The van der Waals surface area contributed by atoms with E-state index in [-0.39, 0.29) is 0 Å². The minimum Gasteiger partial charge on any atom is -0.368 e. The van der Waals surface area contributed by atoms with Gasteiger partial charge in [0.15, 0.2) is 0 Å². The Bertz CT molecular complexity index is 795. The van der Waals surface area contributed by atoms with Crippen molar-refractivity contribution in [2.24, 2.45) is 17.6 Å². The maximum Gasteiger partial charge on any atom is 0.225 e. The van der Waals surface area contributed by atoms with Crippen molar-refractivity contribution in [2.45, 2.75) is 25.7 Å². The van der Waals surface area contributed by atoms with Crippen LogP contribution >= 0.6 is 0 Å². The lowest BCUT2D eigenvalue weighted by Gasteiger charge is -2.32. The molecule has 1 aliphatic heterocycles. The molecule has 2 aromatic rings. The number of rotatable bonds is 8. The Morgan fingerprint density at radius 1 is 0.967 bits per heavy atom. The Hall–Kier alpha value is -1.96. The number of likely N-dealkylation sites (N-methyl/N-ethyl adjacent to an activating group) is 1. The van der Waals surface area contributed by atoms with Gasteiger partial charge < -0.3 is 21.3 Å². The number of anilines is 2. The quantitative estimate of drug-likeness (QED) is 0.615. The lowest BCUT2D eigenvalue weighted by Crippen LogP contribution is -2.45. The first kappa shape index (κ1) is 21.3. The predicted molar refractivity (Wildman–Crippen MR) is 125 cm³/mol. The van der Waals surface area contributed by atoms with Gasteiger partial charge in [0.05, 0.1) is 5.52 Å². The second-order valence-electron chi connectivity index (χ2n) is 8.99. The molecule has 30 heavy (non-hydrogen) atoms. The molecule has 0 radical (unpaired) electrons. The van der Waals surface area contributed by atoms with Gasteiger partial charge in [-0.15, -0.1) is 0 Å². The summed E-state index contributed by atoms with van der Waals surface area (Å²) in [4.78, 5) is 14.5. The number of nitrogens with two attached hydrogens (primary N) is 1. The fourth-order valence-corrected chi connectivity index (χ4v) is 4.60. The van der Waals surface area contributed by atoms with Crippen LogP contribution in [0.1, 0.15) is 25.7 Å². The van der Waals surface area contributed by atoms with Crippen LogP contribution in [0, 0.1) is 11.8 Å². The van der Waals surface area contributed by atoms with Gasteiger partial charge in [-0.2, -0.15) is 4.98 Å². The normalized spacial score (nSPS) is 23.5. The van der Waals surface area contributed by atoms with Crippen LogP contribution in [-0.4, -0.2) is 79.2 Å². The van der Waals surface area contributed by atoms with Gasteiger partial charge in [0, 0.05) is 51.2 Å². The van der Waals surface area contributed by atoms with Gasteiger partial charge in [-0.3, -0.25) is 4.90 Å². The molecule has 0 unspecified atom stereocenters. The van der Waals surface area contributed by atoms with E-state index < -0.39 is 0 Å². The third-order valence-corrected chi connectivity index (χ3v) is 6.77. The lowest BCUT2D eigenvalue weighted by atomic mass is 9.82. The zero-order valence-electron chi connectivity index (χ0n) is 18.3. The summed E-state index contributed by atoms with van der Waals surface area (Å²) in [6.07, 6.45) is 5.00. The summed E-state index contributed by atoms with van der Waals surface area (Å²) in [5.74, 6) is 3.08. The number of aromatic nitrogens is 2. The van der Waals surface area contributed by atoms with E-state index in [2.05, 4.69) is 45.7 Å². The largest absolute Gasteiger partial charge is 0.368 e. The Morgan fingerprint density at radius 3 is 2.47 bits per heavy atom. The van der Waals surface area contributed by atoms with Gasteiger partial charge in [-0.1, -0.05) is 12.1 Å². The topological polar surface area (TPSA) is 82.3 Å².